The lowest BCUT2D eigenvalue weighted by molar-refractivity contribution is -0.123. The Balaban J connectivity index is 1.90. The topological polar surface area (TPSA) is 75.7 Å². The summed E-state index contributed by atoms with van der Waals surface area (Å²) in [5, 5.41) is 3.10. The van der Waals surface area contributed by atoms with Crippen molar-refractivity contribution >= 4 is 21.6 Å². The summed E-state index contributed by atoms with van der Waals surface area (Å²) in [6, 6.07) is 15.3. The van der Waals surface area contributed by atoms with E-state index < -0.39 is 16.1 Å². The van der Waals surface area contributed by atoms with Crippen LogP contribution < -0.4 is 14.4 Å². The van der Waals surface area contributed by atoms with Crippen molar-refractivity contribution < 1.29 is 17.9 Å². The van der Waals surface area contributed by atoms with Crippen LogP contribution in [0.1, 0.15) is 51.6 Å². The summed E-state index contributed by atoms with van der Waals surface area (Å²) in [5.41, 5.74) is 1.03. The molecule has 6 nitrogen and oxygen atoms in total. The number of para-hydroxylation sites is 2. The van der Waals surface area contributed by atoms with Crippen molar-refractivity contribution in [3.05, 3.63) is 60.2 Å². The summed E-state index contributed by atoms with van der Waals surface area (Å²) in [5.74, 6) is 0.431. The zero-order valence-corrected chi connectivity index (χ0v) is 18.8. The van der Waals surface area contributed by atoms with Gasteiger partial charge in [-0.1, -0.05) is 50.2 Å². The molecule has 0 spiro atoms. The molecule has 30 heavy (non-hydrogen) atoms. The number of amides is 1. The molecule has 2 aromatic carbocycles. The van der Waals surface area contributed by atoms with Crippen LogP contribution in [0.5, 0.6) is 5.75 Å². The molecule has 2 aromatic rings. The van der Waals surface area contributed by atoms with Crippen LogP contribution in [0, 0.1) is 0 Å². The fourth-order valence-electron chi connectivity index (χ4n) is 4.11. The fraction of sp³-hybridized carbons (Fsp3) is 0.435. The van der Waals surface area contributed by atoms with Gasteiger partial charge >= 0.3 is 0 Å². The highest BCUT2D eigenvalue weighted by Crippen LogP contribution is 2.42. The first-order valence-corrected chi connectivity index (χ1v) is 12.2. The predicted molar refractivity (Wildman–Crippen MR) is 119 cm³/mol. The number of hydrogen-bond acceptors (Lipinski definition) is 4. The van der Waals surface area contributed by atoms with E-state index >= 15 is 0 Å². The molecule has 0 saturated heterocycles. The first kappa shape index (κ1) is 22.2. The number of hydrogen-bond donors (Lipinski definition) is 1. The number of anilines is 1. The van der Waals surface area contributed by atoms with E-state index in [1.54, 1.807) is 31.2 Å². The molecule has 0 aromatic heterocycles. The summed E-state index contributed by atoms with van der Waals surface area (Å²) in [6.07, 6.45) is 3.39. The number of ether oxygens (including phenoxy) is 1. The smallest absolute Gasteiger partial charge is 0.244 e. The highest BCUT2D eigenvalue weighted by Gasteiger charge is 2.40. The van der Waals surface area contributed by atoms with Crippen molar-refractivity contribution in [1.29, 1.82) is 0 Å². The lowest BCUT2D eigenvalue weighted by atomic mass is 9.83. The maximum atomic E-state index is 13.2. The summed E-state index contributed by atoms with van der Waals surface area (Å²) in [4.78, 5) is 13.2. The molecule has 0 radical (unpaired) electrons. The molecule has 1 aliphatic rings. The van der Waals surface area contributed by atoms with Crippen molar-refractivity contribution in [2.75, 3.05) is 10.6 Å². The molecule has 0 fully saturated rings. The van der Waals surface area contributed by atoms with E-state index in [1.165, 1.54) is 4.31 Å². The first-order valence-electron chi connectivity index (χ1n) is 10.3. The van der Waals surface area contributed by atoms with Crippen molar-refractivity contribution in [3.63, 3.8) is 0 Å². The van der Waals surface area contributed by atoms with E-state index in [1.807, 2.05) is 30.3 Å². The summed E-state index contributed by atoms with van der Waals surface area (Å²) < 4.78 is 32.5. The van der Waals surface area contributed by atoms with Crippen LogP contribution in [-0.2, 0) is 14.8 Å². The summed E-state index contributed by atoms with van der Waals surface area (Å²) in [7, 11) is -3.65. The van der Waals surface area contributed by atoms with E-state index in [-0.39, 0.29) is 17.6 Å². The van der Waals surface area contributed by atoms with E-state index in [0.29, 0.717) is 12.1 Å². The molecule has 0 unspecified atom stereocenters. The zero-order chi connectivity index (χ0) is 21.9. The molecular weight excluding hydrogens is 400 g/mol. The molecule has 1 N–H and O–H groups in total. The maximum Gasteiger partial charge on any atom is 0.244 e. The van der Waals surface area contributed by atoms with E-state index in [0.717, 1.165) is 30.4 Å². The molecule has 2 atom stereocenters. The second kappa shape index (κ2) is 8.68. The number of benzene rings is 2. The Bertz CT molecular complexity index is 987. The molecule has 7 heteroatoms. The number of fused-ring (bicyclic) bond motifs is 1. The third kappa shape index (κ3) is 4.46. The highest BCUT2D eigenvalue weighted by atomic mass is 32.2. The van der Waals surface area contributed by atoms with Crippen LogP contribution in [0.3, 0.4) is 0 Å². The van der Waals surface area contributed by atoms with Gasteiger partial charge in [0.2, 0.25) is 15.9 Å². The zero-order valence-electron chi connectivity index (χ0n) is 18.0. The normalized spacial score (nSPS) is 18.6. The van der Waals surface area contributed by atoms with Gasteiger partial charge in [-0.2, -0.15) is 0 Å². The molecular formula is C23H30N2O4S. The van der Waals surface area contributed by atoms with Crippen LogP contribution in [0.25, 0.3) is 0 Å². The van der Waals surface area contributed by atoms with Gasteiger partial charge in [-0.05, 0) is 38.0 Å². The van der Waals surface area contributed by atoms with Crippen molar-refractivity contribution in [1.82, 2.24) is 5.32 Å². The lowest BCUT2D eigenvalue weighted by Crippen LogP contribution is -2.51. The van der Waals surface area contributed by atoms with Crippen LogP contribution in [0.15, 0.2) is 54.6 Å². The van der Waals surface area contributed by atoms with Gasteiger partial charge in [-0.15, -0.1) is 0 Å². The van der Waals surface area contributed by atoms with Gasteiger partial charge in [-0.25, -0.2) is 8.42 Å². The molecule has 1 amide bonds. The lowest BCUT2D eigenvalue weighted by Gasteiger charge is -2.42. The Morgan fingerprint density at radius 3 is 2.33 bits per heavy atom. The Hall–Kier alpha value is -2.54. The SMILES string of the molecule is CCC1(CC)C[C@H](NC(=O)[C@H](C)N(c2ccccc2)S(C)(=O)=O)c2ccccc2O1. The molecule has 1 heterocycles. The van der Waals surface area contributed by atoms with Crippen molar-refractivity contribution in [2.45, 2.75) is 57.7 Å². The molecule has 0 bridgehead atoms. The summed E-state index contributed by atoms with van der Waals surface area (Å²) in [6.45, 7) is 5.78. The largest absolute Gasteiger partial charge is 0.487 e. The molecule has 162 valence electrons. The monoisotopic (exact) mass is 430 g/mol. The minimum absolute atomic E-state index is 0.248. The highest BCUT2D eigenvalue weighted by molar-refractivity contribution is 7.92. The second-order valence-electron chi connectivity index (χ2n) is 7.87. The summed E-state index contributed by atoms with van der Waals surface area (Å²) >= 11 is 0. The average Bonchev–Trinajstić information content (AvgIpc) is 2.73. The van der Waals surface area contributed by atoms with Gasteiger partial charge in [0.1, 0.15) is 17.4 Å². The maximum absolute atomic E-state index is 13.2. The van der Waals surface area contributed by atoms with Gasteiger partial charge < -0.3 is 10.1 Å². The molecule has 0 aliphatic carbocycles. The van der Waals surface area contributed by atoms with E-state index in [9.17, 15) is 13.2 Å². The van der Waals surface area contributed by atoms with Gasteiger partial charge in [-0.3, -0.25) is 9.10 Å². The first-order chi connectivity index (χ1) is 14.2. The quantitative estimate of drug-likeness (QED) is 0.719. The molecule has 0 saturated carbocycles. The van der Waals surface area contributed by atoms with Crippen LogP contribution >= 0.6 is 0 Å². The second-order valence-corrected chi connectivity index (χ2v) is 9.73. The number of carbonyl (C=O) groups excluding carboxylic acids is 1. The number of rotatable bonds is 7. The minimum Gasteiger partial charge on any atom is -0.487 e. The minimum atomic E-state index is -3.65. The number of sulfonamides is 1. The van der Waals surface area contributed by atoms with E-state index in [2.05, 4.69) is 19.2 Å². The van der Waals surface area contributed by atoms with E-state index in [4.69, 9.17) is 4.74 Å². The average molecular weight is 431 g/mol. The Kier molecular flexibility index (Phi) is 6.41. The van der Waals surface area contributed by atoms with Crippen molar-refractivity contribution in [2.24, 2.45) is 0 Å². The van der Waals surface area contributed by atoms with Crippen molar-refractivity contribution in [3.8, 4) is 5.75 Å². The third-order valence-corrected chi connectivity index (χ3v) is 7.14. The van der Waals surface area contributed by atoms with Gasteiger partial charge in [0.05, 0.1) is 18.0 Å². The predicted octanol–water partition coefficient (Wildman–Crippen LogP) is 4.04. The Morgan fingerprint density at radius 1 is 1.13 bits per heavy atom. The number of carbonyl (C=O) groups is 1. The molecule has 3 rings (SSSR count). The Morgan fingerprint density at radius 2 is 1.73 bits per heavy atom. The van der Waals surface area contributed by atoms with Crippen LogP contribution in [-0.4, -0.2) is 32.2 Å². The fourth-order valence-corrected chi connectivity index (χ4v) is 5.28. The molecule has 1 aliphatic heterocycles. The number of nitrogens with zero attached hydrogens (tertiary/aromatic N) is 1. The van der Waals surface area contributed by atoms with Gasteiger partial charge in [0.15, 0.2) is 0 Å². The number of nitrogens with one attached hydrogen (secondary N) is 1. The van der Waals surface area contributed by atoms with Crippen LogP contribution in [0.2, 0.25) is 0 Å². The standard InChI is InChI=1S/C23H30N2O4S/c1-5-23(6-2)16-20(19-14-10-11-15-21(19)29-23)24-22(26)17(3)25(30(4,27)28)18-12-8-7-9-13-18/h7-15,17,20H,5-6,16H2,1-4H3,(H,24,26)/t17-,20-/m0/s1. The van der Waals surface area contributed by atoms with Crippen LogP contribution in [0.4, 0.5) is 5.69 Å². The Labute approximate surface area is 179 Å². The third-order valence-electron chi connectivity index (χ3n) is 5.90. The van der Waals surface area contributed by atoms with Gasteiger partial charge in [0, 0.05) is 12.0 Å². The van der Waals surface area contributed by atoms with Gasteiger partial charge in [0.25, 0.3) is 0 Å².